The van der Waals surface area contributed by atoms with E-state index < -0.39 is 5.82 Å². The Bertz CT molecular complexity index is 1080. The molecule has 0 bridgehead atoms. The van der Waals surface area contributed by atoms with Crippen molar-refractivity contribution in [3.05, 3.63) is 63.7 Å². The molecule has 4 rings (SSSR count). The van der Waals surface area contributed by atoms with Gasteiger partial charge in [-0.15, -0.1) is 11.3 Å². The second-order valence-corrected chi connectivity index (χ2v) is 8.40. The van der Waals surface area contributed by atoms with Gasteiger partial charge in [-0.3, -0.25) is 4.79 Å². The van der Waals surface area contributed by atoms with Crippen molar-refractivity contribution in [3.8, 4) is 22.8 Å². The number of nitrogens with one attached hydrogen (secondary N) is 1. The summed E-state index contributed by atoms with van der Waals surface area (Å²) in [7, 11) is 1.40. The Morgan fingerprint density at radius 2 is 2.16 bits per heavy atom. The van der Waals surface area contributed by atoms with Gasteiger partial charge >= 0.3 is 0 Å². The molecule has 1 aromatic carbocycles. The molecule has 1 aliphatic carbocycles. The zero-order chi connectivity index (χ0) is 21.8. The third-order valence-electron chi connectivity index (χ3n) is 5.12. The van der Waals surface area contributed by atoms with E-state index in [2.05, 4.69) is 10.3 Å². The lowest BCUT2D eigenvalue weighted by molar-refractivity contribution is 0.0945. The second-order valence-electron chi connectivity index (χ2n) is 7.40. The third-order valence-corrected chi connectivity index (χ3v) is 6.02. The Morgan fingerprint density at radius 3 is 2.87 bits per heavy atom. The van der Waals surface area contributed by atoms with Crippen molar-refractivity contribution in [1.82, 2.24) is 10.3 Å². The number of nitrogens with zero attached hydrogens (tertiary/aromatic N) is 1. The van der Waals surface area contributed by atoms with Crippen LogP contribution in [0.4, 0.5) is 4.39 Å². The van der Waals surface area contributed by atoms with Crippen molar-refractivity contribution in [2.75, 3.05) is 13.7 Å². The molecule has 1 saturated carbocycles. The number of amides is 1. The summed E-state index contributed by atoms with van der Waals surface area (Å²) in [6.45, 7) is 0.584. The van der Waals surface area contributed by atoms with E-state index in [-0.39, 0.29) is 30.7 Å². The number of hydrogen-bond acceptors (Lipinski definition) is 6. The topological polar surface area (TPSA) is 80.7 Å². The van der Waals surface area contributed by atoms with Crippen LogP contribution in [0, 0.1) is 11.7 Å². The smallest absolute Gasteiger partial charge is 0.257 e. The summed E-state index contributed by atoms with van der Waals surface area (Å²) in [6, 6.07) is 8.16. The van der Waals surface area contributed by atoms with Gasteiger partial charge in [-0.25, -0.2) is 9.37 Å². The lowest BCUT2D eigenvalue weighted by Gasteiger charge is -2.13. The zero-order valence-electron chi connectivity index (χ0n) is 17.1. The number of carbonyl (C=O) groups excluding carboxylic acids is 1. The van der Waals surface area contributed by atoms with Crippen LogP contribution >= 0.6 is 11.3 Å². The first-order chi connectivity index (χ1) is 15.1. The summed E-state index contributed by atoms with van der Waals surface area (Å²) < 4.78 is 24.7. The van der Waals surface area contributed by atoms with E-state index in [1.165, 1.54) is 30.6 Å². The van der Waals surface area contributed by atoms with Gasteiger partial charge in [-0.05, 0) is 59.5 Å². The molecule has 1 fully saturated rings. The average molecular weight is 443 g/mol. The number of benzene rings is 1. The number of aliphatic hydroxyl groups is 1. The van der Waals surface area contributed by atoms with Crippen molar-refractivity contribution in [1.29, 1.82) is 0 Å². The molecule has 31 heavy (non-hydrogen) atoms. The fourth-order valence-corrected chi connectivity index (χ4v) is 3.93. The SMILES string of the molecule is COc1ccc(CNC(=O)c2cc(-c3ccsc3CO)cnc2OCC2CC2)cc1F. The summed E-state index contributed by atoms with van der Waals surface area (Å²) in [4.78, 5) is 18.2. The summed E-state index contributed by atoms with van der Waals surface area (Å²) in [6.07, 6.45) is 3.90. The number of pyridine rings is 1. The van der Waals surface area contributed by atoms with Gasteiger partial charge in [0.25, 0.3) is 5.91 Å². The first kappa shape index (κ1) is 21.3. The van der Waals surface area contributed by atoms with Crippen molar-refractivity contribution in [3.63, 3.8) is 0 Å². The normalized spacial score (nSPS) is 13.1. The second kappa shape index (κ2) is 9.45. The van der Waals surface area contributed by atoms with Crippen LogP contribution in [0.3, 0.4) is 0 Å². The van der Waals surface area contributed by atoms with E-state index in [9.17, 15) is 14.3 Å². The third kappa shape index (κ3) is 5.03. The summed E-state index contributed by atoms with van der Waals surface area (Å²) in [5.41, 5.74) is 2.48. The van der Waals surface area contributed by atoms with Crippen LogP contribution in [0.25, 0.3) is 11.1 Å². The first-order valence-electron chi connectivity index (χ1n) is 10.00. The maximum absolute atomic E-state index is 13.9. The maximum Gasteiger partial charge on any atom is 0.257 e. The summed E-state index contributed by atoms with van der Waals surface area (Å²) in [5.74, 6) is 0.0862. The molecule has 0 unspecified atom stereocenters. The number of aromatic nitrogens is 1. The van der Waals surface area contributed by atoms with Crippen LogP contribution in [0.15, 0.2) is 41.9 Å². The fourth-order valence-electron chi connectivity index (χ4n) is 3.18. The summed E-state index contributed by atoms with van der Waals surface area (Å²) in [5, 5.41) is 14.3. The molecule has 0 atom stereocenters. The molecule has 2 aromatic heterocycles. The number of thiophene rings is 1. The Balaban J connectivity index is 1.56. The number of carbonyl (C=O) groups is 1. The number of aliphatic hydroxyl groups excluding tert-OH is 1. The molecular weight excluding hydrogens is 419 g/mol. The molecule has 8 heteroatoms. The van der Waals surface area contributed by atoms with E-state index in [0.717, 1.165) is 28.8 Å². The highest BCUT2D eigenvalue weighted by Gasteiger charge is 2.24. The molecule has 6 nitrogen and oxygen atoms in total. The van der Waals surface area contributed by atoms with Crippen molar-refractivity contribution >= 4 is 17.2 Å². The molecule has 0 aliphatic heterocycles. The van der Waals surface area contributed by atoms with Crippen molar-refractivity contribution < 1.29 is 23.8 Å². The predicted octanol–water partition coefficient (Wildman–Crippen LogP) is 4.17. The van der Waals surface area contributed by atoms with E-state index in [4.69, 9.17) is 9.47 Å². The molecule has 1 aliphatic rings. The van der Waals surface area contributed by atoms with Crippen LogP contribution in [0.5, 0.6) is 11.6 Å². The Morgan fingerprint density at radius 1 is 1.32 bits per heavy atom. The molecule has 2 heterocycles. The number of hydrogen-bond donors (Lipinski definition) is 2. The van der Waals surface area contributed by atoms with Gasteiger partial charge < -0.3 is 19.9 Å². The Labute approximate surface area is 183 Å². The monoisotopic (exact) mass is 442 g/mol. The molecule has 162 valence electrons. The van der Waals surface area contributed by atoms with Crippen LogP contribution < -0.4 is 14.8 Å². The largest absolute Gasteiger partial charge is 0.494 e. The lowest BCUT2D eigenvalue weighted by atomic mass is 10.1. The number of ether oxygens (including phenoxy) is 2. The Hall–Kier alpha value is -2.97. The van der Waals surface area contributed by atoms with Gasteiger partial charge in [-0.2, -0.15) is 0 Å². The van der Waals surface area contributed by atoms with E-state index in [1.54, 1.807) is 18.3 Å². The van der Waals surface area contributed by atoms with Crippen LogP contribution in [-0.4, -0.2) is 29.7 Å². The van der Waals surface area contributed by atoms with Gasteiger partial charge in [0.05, 0.1) is 20.3 Å². The standard InChI is InChI=1S/C23H23FN2O4S/c1-29-20-5-4-15(8-19(20)24)10-25-22(28)18-9-16(17-6-7-31-21(17)12-27)11-26-23(18)30-13-14-2-3-14/h4-9,11,14,27H,2-3,10,12-13H2,1H3,(H,25,28). The van der Waals surface area contributed by atoms with Gasteiger partial charge in [0.2, 0.25) is 5.88 Å². The minimum Gasteiger partial charge on any atom is -0.494 e. The minimum absolute atomic E-state index is 0.0858. The molecular formula is C23H23FN2O4S. The molecule has 2 N–H and O–H groups in total. The average Bonchev–Trinajstić information content (AvgIpc) is 3.50. The van der Waals surface area contributed by atoms with Gasteiger partial charge in [-0.1, -0.05) is 6.07 Å². The molecule has 0 spiro atoms. The fraction of sp³-hybridized carbons (Fsp3) is 0.304. The number of halogens is 1. The van der Waals surface area contributed by atoms with Gasteiger partial charge in [0, 0.05) is 23.2 Å². The highest BCUT2D eigenvalue weighted by atomic mass is 32.1. The maximum atomic E-state index is 13.9. The predicted molar refractivity (Wildman–Crippen MR) is 116 cm³/mol. The molecule has 0 saturated heterocycles. The number of methoxy groups -OCH3 is 1. The van der Waals surface area contributed by atoms with E-state index >= 15 is 0 Å². The lowest BCUT2D eigenvalue weighted by Crippen LogP contribution is -2.24. The molecule has 1 amide bonds. The van der Waals surface area contributed by atoms with Crippen LogP contribution in [0.1, 0.15) is 33.6 Å². The molecule has 0 radical (unpaired) electrons. The summed E-state index contributed by atoms with van der Waals surface area (Å²) >= 11 is 1.44. The van der Waals surface area contributed by atoms with Gasteiger partial charge in [0.1, 0.15) is 5.56 Å². The van der Waals surface area contributed by atoms with Crippen molar-refractivity contribution in [2.24, 2.45) is 5.92 Å². The molecule has 3 aromatic rings. The van der Waals surface area contributed by atoms with Gasteiger partial charge in [0.15, 0.2) is 11.6 Å². The Kier molecular flexibility index (Phi) is 6.48. The van der Waals surface area contributed by atoms with Crippen LogP contribution in [-0.2, 0) is 13.2 Å². The van der Waals surface area contributed by atoms with E-state index in [0.29, 0.717) is 23.7 Å². The number of rotatable bonds is 9. The highest BCUT2D eigenvalue weighted by molar-refractivity contribution is 7.10. The van der Waals surface area contributed by atoms with Crippen LogP contribution in [0.2, 0.25) is 0 Å². The van der Waals surface area contributed by atoms with E-state index in [1.807, 2.05) is 11.4 Å². The zero-order valence-corrected chi connectivity index (χ0v) is 17.9. The minimum atomic E-state index is -0.486. The van der Waals surface area contributed by atoms with Crippen molar-refractivity contribution in [2.45, 2.75) is 26.0 Å². The first-order valence-corrected chi connectivity index (χ1v) is 10.9. The quantitative estimate of drug-likeness (QED) is 0.520. The highest BCUT2D eigenvalue weighted by Crippen LogP contribution is 2.33.